The average molecular weight is 295 g/mol. The minimum atomic E-state index is 0. The molecule has 0 amide bonds. The van der Waals surface area contributed by atoms with Crippen molar-refractivity contribution in [1.29, 1.82) is 0 Å². The third-order valence-corrected chi connectivity index (χ3v) is 2.76. The number of phenols is 1. The topological polar surface area (TPSA) is 46.2 Å². The molecule has 4 heteroatoms. The van der Waals surface area contributed by atoms with Gasteiger partial charge in [-0.05, 0) is 46.0 Å². The molecule has 15 heavy (non-hydrogen) atoms. The molecule has 1 aromatic carbocycles. The Bertz CT molecular complexity index is 317. The second-order valence-corrected chi connectivity index (χ2v) is 4.80. The van der Waals surface area contributed by atoms with Crippen molar-refractivity contribution in [2.45, 2.75) is 26.3 Å². The molecular weight excluding hydrogens is 277 g/mol. The normalized spacial score (nSPS) is 12.3. The lowest BCUT2D eigenvalue weighted by molar-refractivity contribution is 0.470. The van der Waals surface area contributed by atoms with Gasteiger partial charge in [0.15, 0.2) is 0 Å². The van der Waals surface area contributed by atoms with E-state index in [0.717, 1.165) is 12.0 Å². The van der Waals surface area contributed by atoms with Gasteiger partial charge in [-0.15, -0.1) is 12.4 Å². The molecule has 2 nitrogen and oxygen atoms in total. The molecule has 0 aliphatic rings. The summed E-state index contributed by atoms with van der Waals surface area (Å²) in [5.41, 5.74) is 7.07. The molecule has 0 heterocycles. The van der Waals surface area contributed by atoms with Crippen LogP contribution in [0.25, 0.3) is 0 Å². The van der Waals surface area contributed by atoms with E-state index in [9.17, 15) is 5.11 Å². The fourth-order valence-corrected chi connectivity index (χ4v) is 1.79. The highest BCUT2D eigenvalue weighted by Gasteiger charge is 2.09. The van der Waals surface area contributed by atoms with Crippen molar-refractivity contribution in [2.75, 3.05) is 0 Å². The van der Waals surface area contributed by atoms with Crippen LogP contribution in [0.5, 0.6) is 5.75 Å². The van der Waals surface area contributed by atoms with Crippen molar-refractivity contribution >= 4 is 28.3 Å². The van der Waals surface area contributed by atoms with Gasteiger partial charge in [-0.2, -0.15) is 0 Å². The second-order valence-electron chi connectivity index (χ2n) is 3.95. The van der Waals surface area contributed by atoms with Gasteiger partial charge >= 0.3 is 0 Å². The van der Waals surface area contributed by atoms with Crippen LogP contribution in [-0.2, 0) is 0 Å². The number of halogens is 2. The molecule has 0 aliphatic heterocycles. The van der Waals surface area contributed by atoms with Crippen LogP contribution >= 0.6 is 28.3 Å². The summed E-state index contributed by atoms with van der Waals surface area (Å²) in [6.45, 7) is 4.30. The number of nitrogens with two attached hydrogens (primary N) is 1. The summed E-state index contributed by atoms with van der Waals surface area (Å²) in [5.74, 6) is 0.836. The third-order valence-electron chi connectivity index (χ3n) is 2.13. The zero-order valence-corrected chi connectivity index (χ0v) is 11.3. The first-order chi connectivity index (χ1) is 6.50. The van der Waals surface area contributed by atoms with Crippen LogP contribution in [-0.4, -0.2) is 5.11 Å². The van der Waals surface area contributed by atoms with E-state index in [-0.39, 0.29) is 24.2 Å². The maximum Gasteiger partial charge on any atom is 0.129 e. The van der Waals surface area contributed by atoms with Crippen molar-refractivity contribution in [3.05, 3.63) is 28.2 Å². The van der Waals surface area contributed by atoms with Crippen molar-refractivity contribution in [1.82, 2.24) is 0 Å². The highest BCUT2D eigenvalue weighted by molar-refractivity contribution is 9.10. The Balaban J connectivity index is 0.00000196. The van der Waals surface area contributed by atoms with Crippen LogP contribution in [0.1, 0.15) is 31.9 Å². The van der Waals surface area contributed by atoms with E-state index in [1.165, 1.54) is 0 Å². The molecule has 0 saturated carbocycles. The molecule has 1 rings (SSSR count). The predicted octanol–water partition coefficient (Wildman–Crippen LogP) is 3.62. The summed E-state index contributed by atoms with van der Waals surface area (Å²) in [7, 11) is 0. The Kier molecular flexibility index (Phi) is 6.25. The summed E-state index contributed by atoms with van der Waals surface area (Å²) >= 11 is 3.28. The second kappa shape index (κ2) is 6.36. The quantitative estimate of drug-likeness (QED) is 0.894. The fraction of sp³-hybridized carbons (Fsp3) is 0.455. The van der Waals surface area contributed by atoms with Gasteiger partial charge in [-0.3, -0.25) is 0 Å². The van der Waals surface area contributed by atoms with E-state index in [2.05, 4.69) is 29.8 Å². The van der Waals surface area contributed by atoms with Crippen LogP contribution in [0.3, 0.4) is 0 Å². The average Bonchev–Trinajstić information content (AvgIpc) is 2.08. The van der Waals surface area contributed by atoms with Crippen molar-refractivity contribution in [2.24, 2.45) is 11.7 Å². The molecule has 1 aromatic rings. The van der Waals surface area contributed by atoms with Crippen molar-refractivity contribution in [3.63, 3.8) is 0 Å². The van der Waals surface area contributed by atoms with E-state index in [4.69, 9.17) is 5.73 Å². The summed E-state index contributed by atoms with van der Waals surface area (Å²) in [6.07, 6.45) is 0.956. The van der Waals surface area contributed by atoms with Crippen LogP contribution in [0.4, 0.5) is 0 Å². The van der Waals surface area contributed by atoms with Crippen LogP contribution in [0, 0.1) is 5.92 Å². The molecule has 3 N–H and O–H groups in total. The smallest absolute Gasteiger partial charge is 0.129 e. The summed E-state index contributed by atoms with van der Waals surface area (Å²) in [6, 6.07) is 5.46. The molecule has 0 spiro atoms. The number of hydrogen-bond donors (Lipinski definition) is 2. The van der Waals surface area contributed by atoms with E-state index in [0.29, 0.717) is 10.4 Å². The van der Waals surface area contributed by atoms with E-state index in [1.54, 1.807) is 6.07 Å². The molecule has 1 atom stereocenters. The minimum Gasteiger partial charge on any atom is -0.507 e. The number of benzene rings is 1. The summed E-state index contributed by atoms with van der Waals surface area (Å²) < 4.78 is 0.703. The maximum atomic E-state index is 9.32. The number of phenolic OH excluding ortho intramolecular Hbond substituents is 1. The Hall–Kier alpha value is -0.250. The third kappa shape index (κ3) is 4.41. The number of hydrogen-bond acceptors (Lipinski definition) is 2. The number of rotatable bonds is 3. The molecule has 86 valence electrons. The van der Waals surface area contributed by atoms with Gasteiger partial charge in [0, 0.05) is 6.04 Å². The molecule has 0 bridgehead atoms. The summed E-state index contributed by atoms with van der Waals surface area (Å²) in [4.78, 5) is 0. The summed E-state index contributed by atoms with van der Waals surface area (Å²) in [5, 5.41) is 9.32. The van der Waals surface area contributed by atoms with E-state index < -0.39 is 0 Å². The number of aromatic hydroxyl groups is 1. The maximum absolute atomic E-state index is 9.32. The van der Waals surface area contributed by atoms with Crippen molar-refractivity contribution in [3.8, 4) is 5.75 Å². The zero-order valence-electron chi connectivity index (χ0n) is 8.90. The Morgan fingerprint density at radius 3 is 2.47 bits per heavy atom. The van der Waals surface area contributed by atoms with E-state index in [1.807, 2.05) is 12.1 Å². The van der Waals surface area contributed by atoms with Gasteiger partial charge < -0.3 is 10.8 Å². The molecule has 0 aromatic heterocycles. The Morgan fingerprint density at radius 1 is 1.40 bits per heavy atom. The fourth-order valence-electron chi connectivity index (χ4n) is 1.40. The highest BCUT2D eigenvalue weighted by Crippen LogP contribution is 2.28. The Labute approximate surface area is 105 Å². The molecule has 0 aliphatic carbocycles. The molecule has 0 radical (unpaired) electrons. The van der Waals surface area contributed by atoms with Gasteiger partial charge in [0.25, 0.3) is 0 Å². The largest absolute Gasteiger partial charge is 0.507 e. The van der Waals surface area contributed by atoms with Gasteiger partial charge in [-0.25, -0.2) is 0 Å². The Morgan fingerprint density at radius 2 is 2.00 bits per heavy atom. The monoisotopic (exact) mass is 293 g/mol. The highest BCUT2D eigenvalue weighted by atomic mass is 79.9. The standard InChI is InChI=1S/C11H16BrNO.ClH/c1-7(2)5-10(13)8-3-4-11(14)9(12)6-8;/h3-4,6-7,10,14H,5,13H2,1-2H3;1H/t10-;/m1./s1. The molecule has 0 unspecified atom stereocenters. The molecule has 0 fully saturated rings. The van der Waals surface area contributed by atoms with Crippen LogP contribution < -0.4 is 5.73 Å². The zero-order chi connectivity index (χ0) is 10.7. The first kappa shape index (κ1) is 14.8. The molecule has 0 saturated heterocycles. The SMILES string of the molecule is CC(C)C[C@@H](N)c1ccc(O)c(Br)c1.Cl. The first-order valence-electron chi connectivity index (χ1n) is 4.74. The lowest BCUT2D eigenvalue weighted by atomic mass is 9.98. The van der Waals surface area contributed by atoms with Gasteiger partial charge in [0.05, 0.1) is 4.47 Å². The van der Waals surface area contributed by atoms with Gasteiger partial charge in [0.1, 0.15) is 5.75 Å². The van der Waals surface area contributed by atoms with Gasteiger partial charge in [-0.1, -0.05) is 19.9 Å². The predicted molar refractivity (Wildman–Crippen MR) is 69.4 cm³/mol. The van der Waals surface area contributed by atoms with Crippen LogP contribution in [0.2, 0.25) is 0 Å². The van der Waals surface area contributed by atoms with Crippen LogP contribution in [0.15, 0.2) is 22.7 Å². The van der Waals surface area contributed by atoms with E-state index >= 15 is 0 Å². The minimum absolute atomic E-state index is 0. The first-order valence-corrected chi connectivity index (χ1v) is 5.54. The molecular formula is C11H17BrClNO. The lowest BCUT2D eigenvalue weighted by Crippen LogP contribution is -2.12. The van der Waals surface area contributed by atoms with Crippen molar-refractivity contribution < 1.29 is 5.11 Å². The lowest BCUT2D eigenvalue weighted by Gasteiger charge is -2.14. The van der Waals surface area contributed by atoms with Gasteiger partial charge in [0.2, 0.25) is 0 Å².